The van der Waals surface area contributed by atoms with Crippen LogP contribution >= 0.6 is 0 Å². The van der Waals surface area contributed by atoms with Crippen LogP contribution in [0.5, 0.6) is 0 Å². The van der Waals surface area contributed by atoms with E-state index < -0.39 is 10.0 Å². The van der Waals surface area contributed by atoms with Gasteiger partial charge in [-0.15, -0.1) is 0 Å². The zero-order chi connectivity index (χ0) is 17.6. The van der Waals surface area contributed by atoms with Gasteiger partial charge in [0, 0.05) is 26.0 Å². The molecule has 0 spiro atoms. The van der Waals surface area contributed by atoms with Crippen molar-refractivity contribution in [3.8, 4) is 0 Å². The SMILES string of the molecule is Cc1ccc(S(=O)(=O)N(C)CC(=O)NCCc2cccnc2)cc1. The number of pyridine rings is 1. The van der Waals surface area contributed by atoms with Gasteiger partial charge in [-0.2, -0.15) is 4.31 Å². The highest BCUT2D eigenvalue weighted by Crippen LogP contribution is 2.14. The molecular formula is C17H21N3O3S. The molecule has 0 saturated heterocycles. The first-order valence-electron chi connectivity index (χ1n) is 7.58. The second-order valence-electron chi connectivity index (χ2n) is 5.54. The molecule has 0 unspecified atom stereocenters. The van der Waals surface area contributed by atoms with Crippen molar-refractivity contribution in [2.24, 2.45) is 0 Å². The van der Waals surface area contributed by atoms with Gasteiger partial charge in [0.25, 0.3) is 0 Å². The van der Waals surface area contributed by atoms with Crippen LogP contribution in [0.15, 0.2) is 53.7 Å². The molecule has 0 radical (unpaired) electrons. The number of nitrogens with one attached hydrogen (secondary N) is 1. The summed E-state index contributed by atoms with van der Waals surface area (Å²) in [7, 11) is -2.27. The van der Waals surface area contributed by atoms with E-state index in [0.29, 0.717) is 13.0 Å². The minimum absolute atomic E-state index is 0.179. The molecule has 0 aliphatic heterocycles. The summed E-state index contributed by atoms with van der Waals surface area (Å²) in [5, 5.41) is 2.72. The Kier molecular flexibility index (Phi) is 6.05. The number of nitrogens with zero attached hydrogens (tertiary/aromatic N) is 2. The van der Waals surface area contributed by atoms with Gasteiger partial charge >= 0.3 is 0 Å². The van der Waals surface area contributed by atoms with Gasteiger partial charge < -0.3 is 5.32 Å². The maximum atomic E-state index is 12.4. The molecule has 7 heteroatoms. The fourth-order valence-electron chi connectivity index (χ4n) is 2.13. The highest BCUT2D eigenvalue weighted by atomic mass is 32.2. The fraction of sp³-hybridized carbons (Fsp3) is 0.294. The van der Waals surface area contributed by atoms with Gasteiger partial charge in [-0.1, -0.05) is 23.8 Å². The molecule has 2 aromatic rings. The van der Waals surface area contributed by atoms with Crippen LogP contribution in [0, 0.1) is 6.92 Å². The second kappa shape index (κ2) is 8.03. The van der Waals surface area contributed by atoms with E-state index in [9.17, 15) is 13.2 Å². The zero-order valence-corrected chi connectivity index (χ0v) is 14.6. The summed E-state index contributed by atoms with van der Waals surface area (Å²) in [6, 6.07) is 10.3. The van der Waals surface area contributed by atoms with E-state index >= 15 is 0 Å². The molecule has 24 heavy (non-hydrogen) atoms. The van der Waals surface area contributed by atoms with Crippen molar-refractivity contribution in [3.63, 3.8) is 0 Å². The highest BCUT2D eigenvalue weighted by molar-refractivity contribution is 7.89. The first-order valence-corrected chi connectivity index (χ1v) is 9.02. The summed E-state index contributed by atoms with van der Waals surface area (Å²) in [6.07, 6.45) is 4.07. The number of hydrogen-bond donors (Lipinski definition) is 1. The van der Waals surface area contributed by atoms with Crippen molar-refractivity contribution in [1.82, 2.24) is 14.6 Å². The number of aryl methyl sites for hydroxylation is 1. The molecule has 6 nitrogen and oxygen atoms in total. The molecule has 1 N–H and O–H groups in total. The van der Waals surface area contributed by atoms with E-state index in [1.165, 1.54) is 7.05 Å². The van der Waals surface area contributed by atoms with Crippen molar-refractivity contribution in [1.29, 1.82) is 0 Å². The van der Waals surface area contributed by atoms with Gasteiger partial charge in [0.1, 0.15) is 0 Å². The van der Waals surface area contributed by atoms with Gasteiger partial charge in [0.15, 0.2) is 0 Å². The average Bonchev–Trinajstić information content (AvgIpc) is 2.56. The number of amides is 1. The van der Waals surface area contributed by atoms with Crippen molar-refractivity contribution in [2.45, 2.75) is 18.2 Å². The largest absolute Gasteiger partial charge is 0.355 e. The lowest BCUT2D eigenvalue weighted by Gasteiger charge is -2.17. The van der Waals surface area contributed by atoms with Crippen LogP contribution in [-0.4, -0.2) is 43.8 Å². The molecule has 1 aromatic carbocycles. The minimum Gasteiger partial charge on any atom is -0.355 e. The third kappa shape index (κ3) is 4.87. The predicted octanol–water partition coefficient (Wildman–Crippen LogP) is 1.37. The number of likely N-dealkylation sites (N-methyl/N-ethyl adjacent to an activating group) is 1. The first kappa shape index (κ1) is 18.1. The Labute approximate surface area is 142 Å². The molecule has 0 saturated carbocycles. The molecule has 0 fully saturated rings. The summed E-state index contributed by atoms with van der Waals surface area (Å²) in [5.74, 6) is -0.336. The molecule has 1 heterocycles. The van der Waals surface area contributed by atoms with E-state index in [1.807, 2.05) is 19.1 Å². The maximum Gasteiger partial charge on any atom is 0.243 e. The van der Waals surface area contributed by atoms with Gasteiger partial charge in [0.05, 0.1) is 11.4 Å². The van der Waals surface area contributed by atoms with Crippen molar-refractivity contribution >= 4 is 15.9 Å². The van der Waals surface area contributed by atoms with Crippen molar-refractivity contribution < 1.29 is 13.2 Å². The van der Waals surface area contributed by atoms with Crippen LogP contribution in [0.1, 0.15) is 11.1 Å². The van der Waals surface area contributed by atoms with Gasteiger partial charge in [-0.3, -0.25) is 9.78 Å². The maximum absolute atomic E-state index is 12.4. The molecule has 1 amide bonds. The number of benzene rings is 1. The number of hydrogen-bond acceptors (Lipinski definition) is 4. The normalized spacial score (nSPS) is 11.5. The Morgan fingerprint density at radius 1 is 1.21 bits per heavy atom. The van der Waals surface area contributed by atoms with Crippen LogP contribution in [0.2, 0.25) is 0 Å². The Morgan fingerprint density at radius 3 is 2.54 bits per heavy atom. The van der Waals surface area contributed by atoms with E-state index in [2.05, 4.69) is 10.3 Å². The summed E-state index contributed by atoms with van der Waals surface area (Å²) in [6.45, 7) is 2.10. The fourth-order valence-corrected chi connectivity index (χ4v) is 3.25. The van der Waals surface area contributed by atoms with E-state index in [-0.39, 0.29) is 17.3 Å². The number of carbonyl (C=O) groups excluding carboxylic acids is 1. The lowest BCUT2D eigenvalue weighted by atomic mass is 10.2. The highest BCUT2D eigenvalue weighted by Gasteiger charge is 2.22. The molecule has 1 aromatic heterocycles. The minimum atomic E-state index is -3.67. The summed E-state index contributed by atoms with van der Waals surface area (Å²) in [5.41, 5.74) is 1.99. The van der Waals surface area contributed by atoms with Crippen LogP contribution in [0.25, 0.3) is 0 Å². The van der Waals surface area contributed by atoms with Gasteiger partial charge in [-0.05, 0) is 37.1 Å². The van der Waals surface area contributed by atoms with E-state index in [1.54, 1.807) is 36.7 Å². The van der Waals surface area contributed by atoms with Crippen LogP contribution in [-0.2, 0) is 21.2 Å². The van der Waals surface area contributed by atoms with Crippen LogP contribution < -0.4 is 5.32 Å². The molecule has 0 aliphatic rings. The van der Waals surface area contributed by atoms with E-state index in [0.717, 1.165) is 15.4 Å². The van der Waals surface area contributed by atoms with Crippen LogP contribution in [0.4, 0.5) is 0 Å². The standard InChI is InChI=1S/C17H21N3O3S/c1-14-5-7-16(8-6-14)24(22,23)20(2)13-17(21)19-11-9-15-4-3-10-18-12-15/h3-8,10,12H,9,11,13H2,1-2H3,(H,19,21). The number of rotatable bonds is 7. The summed E-state index contributed by atoms with van der Waals surface area (Å²) >= 11 is 0. The van der Waals surface area contributed by atoms with Crippen molar-refractivity contribution in [2.75, 3.05) is 20.1 Å². The predicted molar refractivity (Wildman–Crippen MR) is 91.9 cm³/mol. The first-order chi connectivity index (χ1) is 11.4. The van der Waals surface area contributed by atoms with Crippen molar-refractivity contribution in [3.05, 3.63) is 59.9 Å². The second-order valence-corrected chi connectivity index (χ2v) is 7.58. The Morgan fingerprint density at radius 2 is 1.92 bits per heavy atom. The third-order valence-electron chi connectivity index (χ3n) is 3.55. The molecule has 0 bridgehead atoms. The molecular weight excluding hydrogens is 326 g/mol. The monoisotopic (exact) mass is 347 g/mol. The third-order valence-corrected chi connectivity index (χ3v) is 5.37. The number of carbonyl (C=O) groups is 1. The number of sulfonamides is 1. The Hall–Kier alpha value is -2.25. The Balaban J connectivity index is 1.87. The topological polar surface area (TPSA) is 79.4 Å². The zero-order valence-electron chi connectivity index (χ0n) is 13.8. The molecule has 2 rings (SSSR count). The van der Waals surface area contributed by atoms with E-state index in [4.69, 9.17) is 0 Å². The summed E-state index contributed by atoms with van der Waals surface area (Å²) in [4.78, 5) is 16.1. The number of aromatic nitrogens is 1. The Bertz CT molecular complexity index is 774. The lowest BCUT2D eigenvalue weighted by molar-refractivity contribution is -0.121. The molecule has 128 valence electrons. The quantitative estimate of drug-likeness (QED) is 0.820. The molecule has 0 aliphatic carbocycles. The smallest absolute Gasteiger partial charge is 0.243 e. The van der Waals surface area contributed by atoms with Gasteiger partial charge in [-0.25, -0.2) is 8.42 Å². The lowest BCUT2D eigenvalue weighted by Crippen LogP contribution is -2.39. The average molecular weight is 347 g/mol. The molecule has 0 atom stereocenters. The van der Waals surface area contributed by atoms with Gasteiger partial charge in [0.2, 0.25) is 15.9 Å². The summed E-state index contributed by atoms with van der Waals surface area (Å²) < 4.78 is 25.9. The van der Waals surface area contributed by atoms with Crippen LogP contribution in [0.3, 0.4) is 0 Å².